The first-order valence-corrected chi connectivity index (χ1v) is 7.47. The lowest BCUT2D eigenvalue weighted by Gasteiger charge is -2.25. The molecule has 1 rings (SSSR count). The Hall–Kier alpha value is -2.38. The summed E-state index contributed by atoms with van der Waals surface area (Å²) in [5.74, 6) is -3.33. The fourth-order valence-electron chi connectivity index (χ4n) is 1.93. The van der Waals surface area contributed by atoms with Gasteiger partial charge >= 0.3 is 12.0 Å². The molecule has 0 aliphatic heterocycles. The highest BCUT2D eigenvalue weighted by molar-refractivity contribution is 5.89. The van der Waals surface area contributed by atoms with Gasteiger partial charge in [-0.2, -0.15) is 0 Å². The minimum absolute atomic E-state index is 0.0763. The predicted molar refractivity (Wildman–Crippen MR) is 85.2 cm³/mol. The number of nitrogens with one attached hydrogen (secondary N) is 2. The lowest BCUT2D eigenvalue weighted by atomic mass is 9.99. The molecule has 3 N–H and O–H groups in total. The van der Waals surface area contributed by atoms with Crippen LogP contribution in [0.15, 0.2) is 12.1 Å². The Morgan fingerprint density at radius 1 is 1.25 bits per heavy atom. The summed E-state index contributed by atoms with van der Waals surface area (Å²) >= 11 is 0. The van der Waals surface area contributed by atoms with Gasteiger partial charge in [0.1, 0.15) is 0 Å². The first kappa shape index (κ1) is 19.7. The molecule has 0 unspecified atom stereocenters. The van der Waals surface area contributed by atoms with Crippen molar-refractivity contribution in [1.29, 1.82) is 0 Å². The van der Waals surface area contributed by atoms with E-state index >= 15 is 0 Å². The molecular weight excluding hydrogens is 322 g/mol. The summed E-state index contributed by atoms with van der Waals surface area (Å²) in [6.45, 7) is 6.57. The summed E-state index contributed by atoms with van der Waals surface area (Å²) in [7, 11) is 0. The van der Waals surface area contributed by atoms with E-state index in [9.17, 15) is 18.4 Å². The number of aliphatic carboxylic acids is 1. The van der Waals surface area contributed by atoms with E-state index < -0.39 is 41.0 Å². The number of amides is 2. The number of anilines is 1. The molecule has 1 aromatic rings. The number of benzene rings is 1. The highest BCUT2D eigenvalue weighted by Gasteiger charge is 2.22. The zero-order valence-corrected chi connectivity index (χ0v) is 14.1. The maximum Gasteiger partial charge on any atom is 0.319 e. The Balaban J connectivity index is 2.75. The lowest BCUT2D eigenvalue weighted by Crippen LogP contribution is -2.45. The van der Waals surface area contributed by atoms with E-state index in [0.717, 1.165) is 12.1 Å². The van der Waals surface area contributed by atoms with Crippen molar-refractivity contribution in [3.63, 3.8) is 0 Å². The van der Waals surface area contributed by atoms with Crippen molar-refractivity contribution in [3.05, 3.63) is 23.8 Å². The number of carboxylic acids is 1. The molecular formula is C16H22F2N2O4. The van der Waals surface area contributed by atoms with Crippen LogP contribution in [0, 0.1) is 11.6 Å². The SMILES string of the molecule is CC(C)Oc1c(F)cc(NC(=O)NC(C)(C)CCC(=O)O)cc1F. The highest BCUT2D eigenvalue weighted by Crippen LogP contribution is 2.26. The topological polar surface area (TPSA) is 87.7 Å². The van der Waals surface area contributed by atoms with Gasteiger partial charge in [0.2, 0.25) is 0 Å². The van der Waals surface area contributed by atoms with Crippen molar-refractivity contribution in [2.24, 2.45) is 0 Å². The molecule has 24 heavy (non-hydrogen) atoms. The summed E-state index contributed by atoms with van der Waals surface area (Å²) in [5, 5.41) is 13.5. The van der Waals surface area contributed by atoms with Gasteiger partial charge in [0.05, 0.1) is 6.10 Å². The number of hydrogen-bond acceptors (Lipinski definition) is 3. The normalized spacial score (nSPS) is 11.3. The van der Waals surface area contributed by atoms with Gasteiger partial charge in [0.25, 0.3) is 0 Å². The summed E-state index contributed by atoms with van der Waals surface area (Å²) in [6.07, 6.45) is -0.302. The third-order valence-electron chi connectivity index (χ3n) is 3.03. The number of urea groups is 1. The highest BCUT2D eigenvalue weighted by atomic mass is 19.1. The van der Waals surface area contributed by atoms with Gasteiger partial charge in [-0.25, -0.2) is 13.6 Å². The number of rotatable bonds is 7. The van der Waals surface area contributed by atoms with Gasteiger partial charge in [0, 0.05) is 29.8 Å². The monoisotopic (exact) mass is 344 g/mol. The molecule has 0 aromatic heterocycles. The molecule has 0 heterocycles. The van der Waals surface area contributed by atoms with Gasteiger partial charge in [-0.05, 0) is 34.1 Å². The minimum atomic E-state index is -0.977. The second-order valence-corrected chi connectivity index (χ2v) is 6.29. The van der Waals surface area contributed by atoms with Crippen LogP contribution in [0.1, 0.15) is 40.5 Å². The number of hydrogen-bond donors (Lipinski definition) is 3. The first-order chi connectivity index (χ1) is 11.0. The van der Waals surface area contributed by atoms with Crippen molar-refractivity contribution < 1.29 is 28.2 Å². The van der Waals surface area contributed by atoms with Gasteiger partial charge < -0.3 is 20.5 Å². The first-order valence-electron chi connectivity index (χ1n) is 7.47. The molecule has 0 fully saturated rings. The largest absolute Gasteiger partial charge is 0.485 e. The number of carbonyl (C=O) groups excluding carboxylic acids is 1. The van der Waals surface area contributed by atoms with Crippen LogP contribution in [-0.2, 0) is 4.79 Å². The van der Waals surface area contributed by atoms with E-state index in [1.54, 1.807) is 27.7 Å². The number of carbonyl (C=O) groups is 2. The molecule has 0 aliphatic rings. The average molecular weight is 344 g/mol. The molecule has 0 radical (unpaired) electrons. The molecule has 0 saturated heterocycles. The van der Waals surface area contributed by atoms with Crippen LogP contribution in [0.5, 0.6) is 5.75 Å². The van der Waals surface area contributed by atoms with E-state index in [1.165, 1.54) is 0 Å². The fourth-order valence-corrected chi connectivity index (χ4v) is 1.93. The minimum Gasteiger partial charge on any atom is -0.485 e. The van der Waals surface area contributed by atoms with Crippen LogP contribution in [0.25, 0.3) is 0 Å². The van der Waals surface area contributed by atoms with Crippen LogP contribution >= 0.6 is 0 Å². The fraction of sp³-hybridized carbons (Fsp3) is 0.500. The van der Waals surface area contributed by atoms with Crippen molar-refractivity contribution in [2.45, 2.75) is 52.2 Å². The molecule has 2 amide bonds. The summed E-state index contributed by atoms with van der Waals surface area (Å²) < 4.78 is 32.8. The van der Waals surface area contributed by atoms with Gasteiger partial charge in [-0.1, -0.05) is 0 Å². The Kier molecular flexibility index (Phi) is 6.51. The molecule has 0 atom stereocenters. The molecule has 1 aromatic carbocycles. The van der Waals surface area contributed by atoms with E-state index in [0.29, 0.717) is 0 Å². The maximum absolute atomic E-state index is 13.9. The van der Waals surface area contributed by atoms with Crippen LogP contribution in [0.2, 0.25) is 0 Å². The van der Waals surface area contributed by atoms with E-state index in [1.807, 2.05) is 0 Å². The zero-order chi connectivity index (χ0) is 18.5. The second-order valence-electron chi connectivity index (χ2n) is 6.29. The quantitative estimate of drug-likeness (QED) is 0.706. The second kappa shape index (κ2) is 7.94. The molecule has 6 nitrogen and oxygen atoms in total. The van der Waals surface area contributed by atoms with Crippen molar-refractivity contribution in [1.82, 2.24) is 5.32 Å². The number of halogens is 2. The lowest BCUT2D eigenvalue weighted by molar-refractivity contribution is -0.137. The van der Waals surface area contributed by atoms with E-state index in [2.05, 4.69) is 10.6 Å². The Labute approximate surface area is 139 Å². The van der Waals surface area contributed by atoms with E-state index in [4.69, 9.17) is 9.84 Å². The Bertz CT molecular complexity index is 595. The van der Waals surface area contributed by atoms with Gasteiger partial charge in [0.15, 0.2) is 17.4 Å². The maximum atomic E-state index is 13.9. The molecule has 0 saturated carbocycles. The van der Waals surface area contributed by atoms with Crippen molar-refractivity contribution in [3.8, 4) is 5.75 Å². The van der Waals surface area contributed by atoms with Crippen molar-refractivity contribution >= 4 is 17.7 Å². The van der Waals surface area contributed by atoms with Crippen LogP contribution in [0.4, 0.5) is 19.3 Å². The third kappa shape index (κ3) is 6.39. The van der Waals surface area contributed by atoms with Gasteiger partial charge in [-0.15, -0.1) is 0 Å². The molecule has 134 valence electrons. The molecule has 0 bridgehead atoms. The van der Waals surface area contributed by atoms with Gasteiger partial charge in [-0.3, -0.25) is 4.79 Å². The smallest absolute Gasteiger partial charge is 0.319 e. The molecule has 0 spiro atoms. The number of carboxylic acid groups (broad SMARTS) is 1. The Morgan fingerprint density at radius 2 is 1.79 bits per heavy atom. The summed E-state index contributed by atoms with van der Waals surface area (Å²) in [6, 6.07) is 1.21. The summed E-state index contributed by atoms with van der Waals surface area (Å²) in [5.41, 5.74) is -0.868. The molecule has 0 aliphatic carbocycles. The zero-order valence-electron chi connectivity index (χ0n) is 14.1. The van der Waals surface area contributed by atoms with Crippen molar-refractivity contribution in [2.75, 3.05) is 5.32 Å². The van der Waals surface area contributed by atoms with E-state index in [-0.39, 0.29) is 18.5 Å². The third-order valence-corrected chi connectivity index (χ3v) is 3.03. The summed E-state index contributed by atoms with van der Waals surface area (Å²) in [4.78, 5) is 22.5. The van der Waals surface area contributed by atoms with Crippen LogP contribution in [-0.4, -0.2) is 28.7 Å². The number of ether oxygens (including phenoxy) is 1. The Morgan fingerprint density at radius 3 is 2.25 bits per heavy atom. The predicted octanol–water partition coefficient (Wildman–Crippen LogP) is 3.52. The van der Waals surface area contributed by atoms with Crippen LogP contribution < -0.4 is 15.4 Å². The standard InChI is InChI=1S/C16H22F2N2O4/c1-9(2)24-14-11(17)7-10(8-12(14)18)19-15(23)20-16(3,4)6-5-13(21)22/h7-9H,5-6H2,1-4H3,(H,21,22)(H2,19,20,23). The molecule has 8 heteroatoms. The van der Waals surface area contributed by atoms with Crippen LogP contribution in [0.3, 0.4) is 0 Å². The average Bonchev–Trinajstić information content (AvgIpc) is 2.40.